The zero-order chi connectivity index (χ0) is 11.4. The van der Waals surface area contributed by atoms with Crippen LogP contribution in [-0.2, 0) is 0 Å². The molecule has 2 rings (SSSR count). The Morgan fingerprint density at radius 2 is 2.19 bits per heavy atom. The lowest BCUT2D eigenvalue weighted by Crippen LogP contribution is -2.26. The molecule has 0 radical (unpaired) electrons. The predicted molar refractivity (Wildman–Crippen MR) is 65.8 cm³/mol. The first-order valence-electron chi connectivity index (χ1n) is 5.46. The molecule has 1 aromatic heterocycles. The van der Waals surface area contributed by atoms with Crippen molar-refractivity contribution < 1.29 is 4.74 Å². The molecule has 1 atom stereocenters. The molecule has 0 amide bonds. The first-order valence-corrected chi connectivity index (χ1v) is 5.46. The van der Waals surface area contributed by atoms with Gasteiger partial charge in [0, 0.05) is 18.1 Å². The number of fused-ring (bicyclic) bond motifs is 1. The van der Waals surface area contributed by atoms with Crippen LogP contribution in [0.15, 0.2) is 36.5 Å². The number of nitrogens with zero attached hydrogens (tertiary/aromatic N) is 1. The summed E-state index contributed by atoms with van der Waals surface area (Å²) >= 11 is 0. The molecule has 16 heavy (non-hydrogen) atoms. The highest BCUT2D eigenvalue weighted by atomic mass is 16.5. The normalized spacial score (nSPS) is 12.6. The monoisotopic (exact) mass is 216 g/mol. The molecule has 1 heterocycles. The Kier molecular flexibility index (Phi) is 3.37. The number of benzene rings is 1. The molecule has 3 heteroatoms. The molecule has 0 spiro atoms. The van der Waals surface area contributed by atoms with Crippen molar-refractivity contribution in [3.05, 3.63) is 36.5 Å². The maximum atomic E-state index is 5.87. The first-order chi connectivity index (χ1) is 7.81. The predicted octanol–water partition coefficient (Wildman–Crippen LogP) is 2.22. The van der Waals surface area contributed by atoms with E-state index in [2.05, 4.69) is 10.3 Å². The largest absolute Gasteiger partial charge is 0.489 e. The van der Waals surface area contributed by atoms with Crippen molar-refractivity contribution in [2.75, 3.05) is 13.6 Å². The van der Waals surface area contributed by atoms with E-state index in [1.54, 1.807) is 6.20 Å². The number of pyridine rings is 1. The SMILES string of the molecule is CNCC(C)Oc1cccc2ncccc12. The van der Waals surface area contributed by atoms with Gasteiger partial charge in [0.25, 0.3) is 0 Å². The van der Waals surface area contributed by atoms with Crippen LogP contribution in [0.5, 0.6) is 5.75 Å². The van der Waals surface area contributed by atoms with E-state index in [1.807, 2.05) is 44.3 Å². The van der Waals surface area contributed by atoms with Crippen LogP contribution in [0, 0.1) is 0 Å². The summed E-state index contributed by atoms with van der Waals surface area (Å²) in [6, 6.07) is 9.90. The average molecular weight is 216 g/mol. The molecule has 1 N–H and O–H groups in total. The maximum Gasteiger partial charge on any atom is 0.129 e. The maximum absolute atomic E-state index is 5.87. The highest BCUT2D eigenvalue weighted by Crippen LogP contribution is 2.24. The van der Waals surface area contributed by atoms with Crippen LogP contribution in [0.25, 0.3) is 10.9 Å². The number of rotatable bonds is 4. The van der Waals surface area contributed by atoms with E-state index in [9.17, 15) is 0 Å². The number of hydrogen-bond donors (Lipinski definition) is 1. The van der Waals surface area contributed by atoms with Gasteiger partial charge in [-0.2, -0.15) is 0 Å². The summed E-state index contributed by atoms with van der Waals surface area (Å²) in [6.45, 7) is 2.88. The van der Waals surface area contributed by atoms with Crippen LogP contribution in [0.2, 0.25) is 0 Å². The zero-order valence-electron chi connectivity index (χ0n) is 9.60. The fraction of sp³-hybridized carbons (Fsp3) is 0.308. The van der Waals surface area contributed by atoms with Crippen molar-refractivity contribution in [1.29, 1.82) is 0 Å². The summed E-state index contributed by atoms with van der Waals surface area (Å²) in [5, 5.41) is 4.16. The van der Waals surface area contributed by atoms with Gasteiger partial charge >= 0.3 is 0 Å². The van der Waals surface area contributed by atoms with Crippen molar-refractivity contribution in [2.24, 2.45) is 0 Å². The Bertz CT molecular complexity index is 465. The van der Waals surface area contributed by atoms with Gasteiger partial charge in [-0.3, -0.25) is 4.98 Å². The smallest absolute Gasteiger partial charge is 0.129 e. The summed E-state index contributed by atoms with van der Waals surface area (Å²) in [5.74, 6) is 0.897. The van der Waals surface area contributed by atoms with Crippen LogP contribution >= 0.6 is 0 Å². The number of ether oxygens (including phenoxy) is 1. The third-order valence-corrected chi connectivity index (χ3v) is 2.43. The van der Waals surface area contributed by atoms with E-state index in [0.717, 1.165) is 23.2 Å². The quantitative estimate of drug-likeness (QED) is 0.851. The molecule has 0 aliphatic heterocycles. The van der Waals surface area contributed by atoms with Gasteiger partial charge in [0.2, 0.25) is 0 Å². The van der Waals surface area contributed by atoms with E-state index in [4.69, 9.17) is 4.74 Å². The summed E-state index contributed by atoms with van der Waals surface area (Å²) in [6.07, 6.45) is 1.94. The molecule has 1 aromatic carbocycles. The Balaban J connectivity index is 2.30. The third kappa shape index (κ3) is 2.31. The first kappa shape index (κ1) is 10.9. The second-order valence-electron chi connectivity index (χ2n) is 3.81. The molecule has 0 aliphatic rings. The summed E-state index contributed by atoms with van der Waals surface area (Å²) < 4.78 is 5.87. The molecule has 0 saturated carbocycles. The Labute approximate surface area is 95.5 Å². The lowest BCUT2D eigenvalue weighted by atomic mass is 10.2. The van der Waals surface area contributed by atoms with Crippen LogP contribution in [0.1, 0.15) is 6.92 Å². The molecule has 0 fully saturated rings. The zero-order valence-corrected chi connectivity index (χ0v) is 9.60. The fourth-order valence-electron chi connectivity index (χ4n) is 1.72. The topological polar surface area (TPSA) is 34.1 Å². The molecule has 84 valence electrons. The van der Waals surface area contributed by atoms with E-state index >= 15 is 0 Å². The summed E-state index contributed by atoms with van der Waals surface area (Å²) in [7, 11) is 1.92. The number of aromatic nitrogens is 1. The number of nitrogens with one attached hydrogen (secondary N) is 1. The highest BCUT2D eigenvalue weighted by molar-refractivity contribution is 5.84. The van der Waals surface area contributed by atoms with Crippen molar-refractivity contribution in [3.63, 3.8) is 0 Å². The Morgan fingerprint density at radius 1 is 1.31 bits per heavy atom. The molecule has 3 nitrogen and oxygen atoms in total. The number of hydrogen-bond acceptors (Lipinski definition) is 3. The van der Waals surface area contributed by atoms with Crippen LogP contribution in [0.3, 0.4) is 0 Å². The highest BCUT2D eigenvalue weighted by Gasteiger charge is 2.06. The Morgan fingerprint density at radius 3 is 3.00 bits per heavy atom. The van der Waals surface area contributed by atoms with Crippen molar-refractivity contribution >= 4 is 10.9 Å². The molecule has 0 aliphatic carbocycles. The summed E-state index contributed by atoms with van der Waals surface area (Å²) in [4.78, 5) is 4.30. The fourth-order valence-corrected chi connectivity index (χ4v) is 1.72. The number of likely N-dealkylation sites (N-methyl/N-ethyl adjacent to an activating group) is 1. The van der Waals surface area contributed by atoms with Gasteiger partial charge in [-0.1, -0.05) is 6.07 Å². The van der Waals surface area contributed by atoms with Crippen molar-refractivity contribution in [3.8, 4) is 5.75 Å². The molecule has 0 saturated heterocycles. The van der Waals surface area contributed by atoms with Gasteiger partial charge < -0.3 is 10.1 Å². The Hall–Kier alpha value is -1.61. The third-order valence-electron chi connectivity index (χ3n) is 2.43. The van der Waals surface area contributed by atoms with Crippen molar-refractivity contribution in [2.45, 2.75) is 13.0 Å². The molecular weight excluding hydrogens is 200 g/mol. The van der Waals surface area contributed by atoms with Crippen LogP contribution in [0.4, 0.5) is 0 Å². The van der Waals surface area contributed by atoms with E-state index in [-0.39, 0.29) is 6.10 Å². The van der Waals surface area contributed by atoms with Gasteiger partial charge in [-0.15, -0.1) is 0 Å². The van der Waals surface area contributed by atoms with E-state index < -0.39 is 0 Å². The second-order valence-corrected chi connectivity index (χ2v) is 3.81. The minimum atomic E-state index is 0.149. The van der Waals surface area contributed by atoms with Gasteiger partial charge in [-0.25, -0.2) is 0 Å². The molecule has 2 aromatic rings. The van der Waals surface area contributed by atoms with Gasteiger partial charge in [0.05, 0.1) is 5.52 Å². The summed E-state index contributed by atoms with van der Waals surface area (Å²) in [5.41, 5.74) is 0.969. The van der Waals surface area contributed by atoms with Crippen molar-refractivity contribution in [1.82, 2.24) is 10.3 Å². The lowest BCUT2D eigenvalue weighted by Gasteiger charge is -2.15. The molecular formula is C13H16N2O. The standard InChI is InChI=1S/C13H16N2O/c1-10(9-14-2)16-13-7-3-6-12-11(13)5-4-8-15-12/h3-8,10,14H,9H2,1-2H3. The molecule has 1 unspecified atom stereocenters. The minimum absolute atomic E-state index is 0.149. The lowest BCUT2D eigenvalue weighted by molar-refractivity contribution is 0.223. The van der Waals surface area contributed by atoms with Crippen LogP contribution < -0.4 is 10.1 Å². The molecule has 0 bridgehead atoms. The van der Waals surface area contributed by atoms with Gasteiger partial charge in [-0.05, 0) is 38.2 Å². The van der Waals surface area contributed by atoms with Gasteiger partial charge in [0.15, 0.2) is 0 Å². The minimum Gasteiger partial charge on any atom is -0.489 e. The van der Waals surface area contributed by atoms with Crippen LogP contribution in [-0.4, -0.2) is 24.7 Å². The average Bonchev–Trinajstić information content (AvgIpc) is 2.30. The second kappa shape index (κ2) is 4.94. The van der Waals surface area contributed by atoms with E-state index in [1.165, 1.54) is 0 Å². The van der Waals surface area contributed by atoms with E-state index in [0.29, 0.717) is 0 Å². The van der Waals surface area contributed by atoms with Gasteiger partial charge in [0.1, 0.15) is 11.9 Å².